The van der Waals surface area contributed by atoms with Crippen LogP contribution in [0.1, 0.15) is 12.5 Å². The topological polar surface area (TPSA) is 55.5 Å². The van der Waals surface area contributed by atoms with Gasteiger partial charge in [-0.25, -0.2) is 0 Å². The summed E-state index contributed by atoms with van der Waals surface area (Å²) in [5.74, 6) is 8.86. The van der Waals surface area contributed by atoms with Gasteiger partial charge in [0.1, 0.15) is 5.75 Å². The molecular formula is C15H21NO2S. The number of hydrogen-bond donors (Lipinski definition) is 2. The summed E-state index contributed by atoms with van der Waals surface area (Å²) in [6.07, 6.45) is 0. The van der Waals surface area contributed by atoms with Gasteiger partial charge in [0, 0.05) is 17.9 Å². The van der Waals surface area contributed by atoms with Gasteiger partial charge in [0.25, 0.3) is 0 Å². The molecule has 0 fully saturated rings. The highest BCUT2D eigenvalue weighted by atomic mass is 32.2. The van der Waals surface area contributed by atoms with Crippen molar-refractivity contribution in [2.75, 3.05) is 31.3 Å². The molecule has 1 unspecified atom stereocenters. The Morgan fingerprint density at radius 1 is 1.47 bits per heavy atom. The SMILES string of the molecule is CC(CO)CSCCOc1cccc(C#CCN)c1. The van der Waals surface area contributed by atoms with Crippen molar-refractivity contribution < 1.29 is 9.84 Å². The highest BCUT2D eigenvalue weighted by Crippen LogP contribution is 2.14. The summed E-state index contributed by atoms with van der Waals surface area (Å²) < 4.78 is 5.66. The number of ether oxygens (including phenoxy) is 1. The molecule has 0 saturated heterocycles. The van der Waals surface area contributed by atoms with Crippen molar-refractivity contribution in [3.8, 4) is 17.6 Å². The molecule has 1 rings (SSSR count). The van der Waals surface area contributed by atoms with E-state index >= 15 is 0 Å². The maximum absolute atomic E-state index is 8.90. The third-order valence-corrected chi connectivity index (χ3v) is 3.64. The summed E-state index contributed by atoms with van der Waals surface area (Å²) in [7, 11) is 0. The largest absolute Gasteiger partial charge is 0.493 e. The van der Waals surface area contributed by atoms with Crippen LogP contribution in [0.2, 0.25) is 0 Å². The van der Waals surface area contributed by atoms with Crippen LogP contribution in [0.5, 0.6) is 5.75 Å². The van der Waals surface area contributed by atoms with Crippen LogP contribution in [0.25, 0.3) is 0 Å². The lowest BCUT2D eigenvalue weighted by Gasteiger charge is -2.08. The van der Waals surface area contributed by atoms with Crippen LogP contribution < -0.4 is 10.5 Å². The van der Waals surface area contributed by atoms with E-state index in [0.29, 0.717) is 19.1 Å². The lowest BCUT2D eigenvalue weighted by atomic mass is 10.2. The second-order valence-corrected chi connectivity index (χ2v) is 5.39. The number of rotatable bonds is 7. The molecule has 4 heteroatoms. The Labute approximate surface area is 119 Å². The number of nitrogens with two attached hydrogens (primary N) is 1. The molecule has 3 N–H and O–H groups in total. The highest BCUT2D eigenvalue weighted by molar-refractivity contribution is 7.99. The van der Waals surface area contributed by atoms with Crippen molar-refractivity contribution >= 4 is 11.8 Å². The predicted octanol–water partition coefficient (Wildman–Crippen LogP) is 1.74. The van der Waals surface area contributed by atoms with Crippen LogP contribution in [-0.4, -0.2) is 36.4 Å². The molecule has 0 amide bonds. The van der Waals surface area contributed by atoms with Gasteiger partial charge in [0.15, 0.2) is 0 Å². The van der Waals surface area contributed by atoms with Crippen molar-refractivity contribution in [3.05, 3.63) is 29.8 Å². The first-order chi connectivity index (χ1) is 9.26. The minimum atomic E-state index is 0.246. The van der Waals surface area contributed by atoms with E-state index in [0.717, 1.165) is 22.8 Å². The van der Waals surface area contributed by atoms with Crippen LogP contribution in [0, 0.1) is 17.8 Å². The predicted molar refractivity (Wildman–Crippen MR) is 81.4 cm³/mol. The molecule has 19 heavy (non-hydrogen) atoms. The van der Waals surface area contributed by atoms with E-state index in [1.54, 1.807) is 11.8 Å². The fourth-order valence-corrected chi connectivity index (χ4v) is 2.25. The first kappa shape index (κ1) is 15.9. The third kappa shape index (κ3) is 7.12. The number of aliphatic hydroxyl groups excluding tert-OH is 1. The van der Waals surface area contributed by atoms with Gasteiger partial charge >= 0.3 is 0 Å². The molecule has 0 aliphatic heterocycles. The monoisotopic (exact) mass is 279 g/mol. The molecular weight excluding hydrogens is 258 g/mol. The molecule has 0 aromatic heterocycles. The summed E-state index contributed by atoms with van der Waals surface area (Å²) in [5, 5.41) is 8.90. The van der Waals surface area contributed by atoms with E-state index < -0.39 is 0 Å². The number of thioether (sulfide) groups is 1. The van der Waals surface area contributed by atoms with Crippen molar-refractivity contribution in [2.24, 2.45) is 11.7 Å². The van der Waals surface area contributed by atoms with Crippen molar-refractivity contribution in [2.45, 2.75) is 6.92 Å². The van der Waals surface area contributed by atoms with E-state index in [1.807, 2.05) is 31.2 Å². The highest BCUT2D eigenvalue weighted by Gasteiger charge is 2.00. The third-order valence-electron chi connectivity index (χ3n) is 2.38. The van der Waals surface area contributed by atoms with Gasteiger partial charge in [-0.05, 0) is 29.9 Å². The first-order valence-corrected chi connectivity index (χ1v) is 7.52. The van der Waals surface area contributed by atoms with Gasteiger partial charge < -0.3 is 15.6 Å². The van der Waals surface area contributed by atoms with E-state index in [-0.39, 0.29) is 6.61 Å². The molecule has 0 aliphatic rings. The molecule has 0 saturated carbocycles. The van der Waals surface area contributed by atoms with Gasteiger partial charge in [-0.1, -0.05) is 24.8 Å². The average molecular weight is 279 g/mol. The van der Waals surface area contributed by atoms with Crippen molar-refractivity contribution in [3.63, 3.8) is 0 Å². The van der Waals surface area contributed by atoms with Gasteiger partial charge in [-0.15, -0.1) is 0 Å². The summed E-state index contributed by atoms with van der Waals surface area (Å²) >= 11 is 1.79. The molecule has 0 bridgehead atoms. The molecule has 104 valence electrons. The van der Waals surface area contributed by atoms with Gasteiger partial charge in [0.05, 0.1) is 13.2 Å². The molecule has 1 aromatic carbocycles. The second kappa shape index (κ2) is 9.74. The Balaban J connectivity index is 2.29. The van der Waals surface area contributed by atoms with E-state index in [9.17, 15) is 0 Å². The molecule has 0 heterocycles. The number of benzene rings is 1. The van der Waals surface area contributed by atoms with Gasteiger partial charge in [0.2, 0.25) is 0 Å². The maximum Gasteiger partial charge on any atom is 0.120 e. The molecule has 1 atom stereocenters. The number of aliphatic hydroxyl groups is 1. The zero-order chi connectivity index (χ0) is 13.9. The Hall–Kier alpha value is -1.15. The summed E-state index contributed by atoms with van der Waals surface area (Å²) in [6.45, 7) is 3.31. The smallest absolute Gasteiger partial charge is 0.120 e. The van der Waals surface area contributed by atoms with Crippen LogP contribution in [0.3, 0.4) is 0 Å². The van der Waals surface area contributed by atoms with Crippen molar-refractivity contribution in [1.82, 2.24) is 0 Å². The lowest BCUT2D eigenvalue weighted by molar-refractivity contribution is 0.250. The van der Waals surface area contributed by atoms with Crippen LogP contribution in [0.15, 0.2) is 24.3 Å². The fraction of sp³-hybridized carbons (Fsp3) is 0.467. The Kier molecular flexibility index (Phi) is 8.15. The standard InChI is InChI=1S/C15H21NO2S/c1-13(11-17)12-19-9-8-18-15-6-2-4-14(10-15)5-3-7-16/h2,4,6,10,13,17H,7-9,11-12,16H2,1H3. The minimum Gasteiger partial charge on any atom is -0.493 e. The Bertz CT molecular complexity index is 426. The lowest BCUT2D eigenvalue weighted by Crippen LogP contribution is -2.06. The summed E-state index contributed by atoms with van der Waals surface area (Å²) in [4.78, 5) is 0. The van der Waals surface area contributed by atoms with Gasteiger partial charge in [-0.2, -0.15) is 11.8 Å². The van der Waals surface area contributed by atoms with E-state index in [1.165, 1.54) is 0 Å². The molecule has 0 spiro atoms. The van der Waals surface area contributed by atoms with Crippen LogP contribution in [-0.2, 0) is 0 Å². The summed E-state index contributed by atoms with van der Waals surface area (Å²) in [5.41, 5.74) is 6.26. The van der Waals surface area contributed by atoms with Gasteiger partial charge in [-0.3, -0.25) is 0 Å². The average Bonchev–Trinajstić information content (AvgIpc) is 2.45. The normalized spacial score (nSPS) is 11.5. The van der Waals surface area contributed by atoms with E-state index in [4.69, 9.17) is 15.6 Å². The maximum atomic E-state index is 8.90. The molecule has 0 aliphatic carbocycles. The fourth-order valence-electron chi connectivity index (χ4n) is 1.37. The summed E-state index contributed by atoms with van der Waals surface area (Å²) in [6, 6.07) is 7.71. The van der Waals surface area contributed by atoms with Crippen LogP contribution >= 0.6 is 11.8 Å². The molecule has 1 aromatic rings. The zero-order valence-electron chi connectivity index (χ0n) is 11.3. The minimum absolute atomic E-state index is 0.246. The quantitative estimate of drug-likeness (QED) is 0.589. The Morgan fingerprint density at radius 3 is 3.05 bits per heavy atom. The zero-order valence-corrected chi connectivity index (χ0v) is 12.1. The Morgan fingerprint density at radius 2 is 2.32 bits per heavy atom. The van der Waals surface area contributed by atoms with E-state index in [2.05, 4.69) is 11.8 Å². The molecule has 3 nitrogen and oxygen atoms in total. The van der Waals surface area contributed by atoms with Crippen molar-refractivity contribution in [1.29, 1.82) is 0 Å². The first-order valence-electron chi connectivity index (χ1n) is 6.36. The molecule has 0 radical (unpaired) electrons. The number of hydrogen-bond acceptors (Lipinski definition) is 4. The van der Waals surface area contributed by atoms with Crippen LogP contribution in [0.4, 0.5) is 0 Å². The second-order valence-electron chi connectivity index (χ2n) is 4.24.